The zero-order valence-corrected chi connectivity index (χ0v) is 20.2. The van der Waals surface area contributed by atoms with Crippen LogP contribution in [0.1, 0.15) is 65.7 Å². The quantitative estimate of drug-likeness (QED) is 0.347. The summed E-state index contributed by atoms with van der Waals surface area (Å²) in [6, 6.07) is -0.558. The van der Waals surface area contributed by atoms with Crippen molar-refractivity contribution in [1.29, 1.82) is 0 Å². The molecule has 186 valence electrons. The van der Waals surface area contributed by atoms with Crippen molar-refractivity contribution in [3.8, 4) is 0 Å². The SMILES string of the molecule is CC1CCC2(CC1)NC(=O)N(NC(=O)CN1CCC(C(=O)NCCCOC(C)C)CC1)C2=O. The van der Waals surface area contributed by atoms with Crippen LogP contribution < -0.4 is 16.1 Å². The Balaban J connectivity index is 1.37. The molecule has 2 saturated heterocycles. The van der Waals surface area contributed by atoms with Gasteiger partial charge in [-0.15, -0.1) is 0 Å². The molecule has 3 N–H and O–H groups in total. The third-order valence-electron chi connectivity index (χ3n) is 6.92. The molecule has 3 aliphatic rings. The van der Waals surface area contributed by atoms with Crippen molar-refractivity contribution >= 4 is 23.8 Å². The van der Waals surface area contributed by atoms with Gasteiger partial charge < -0.3 is 15.4 Å². The summed E-state index contributed by atoms with van der Waals surface area (Å²) in [5.41, 5.74) is 1.62. The number of carbonyl (C=O) groups excluding carboxylic acids is 4. The Morgan fingerprint density at radius 1 is 1.15 bits per heavy atom. The highest BCUT2D eigenvalue weighted by atomic mass is 16.5. The van der Waals surface area contributed by atoms with Gasteiger partial charge in [-0.2, -0.15) is 5.01 Å². The van der Waals surface area contributed by atoms with Crippen LogP contribution in [0.4, 0.5) is 4.79 Å². The molecule has 3 fully saturated rings. The van der Waals surface area contributed by atoms with E-state index in [0.29, 0.717) is 57.8 Å². The Labute approximate surface area is 196 Å². The lowest BCUT2D eigenvalue weighted by Crippen LogP contribution is -2.53. The number of carbonyl (C=O) groups is 4. The van der Waals surface area contributed by atoms with E-state index in [4.69, 9.17) is 4.74 Å². The molecule has 1 spiro atoms. The smallest absolute Gasteiger partial charge is 0.344 e. The van der Waals surface area contributed by atoms with Gasteiger partial charge in [0.05, 0.1) is 12.6 Å². The molecule has 3 rings (SSSR count). The average Bonchev–Trinajstić information content (AvgIpc) is 3.00. The molecule has 10 heteroatoms. The first-order valence-corrected chi connectivity index (χ1v) is 12.3. The molecule has 0 bridgehead atoms. The van der Waals surface area contributed by atoms with Gasteiger partial charge in [0.25, 0.3) is 11.8 Å². The minimum atomic E-state index is -0.872. The molecular weight excluding hydrogens is 426 g/mol. The normalized spacial score (nSPS) is 26.7. The minimum Gasteiger partial charge on any atom is -0.379 e. The molecule has 1 aliphatic carbocycles. The first-order valence-electron chi connectivity index (χ1n) is 12.3. The van der Waals surface area contributed by atoms with E-state index in [0.717, 1.165) is 24.3 Å². The van der Waals surface area contributed by atoms with Crippen LogP contribution in [-0.2, 0) is 19.1 Å². The van der Waals surface area contributed by atoms with Crippen LogP contribution in [0.5, 0.6) is 0 Å². The molecule has 33 heavy (non-hydrogen) atoms. The molecule has 0 unspecified atom stereocenters. The van der Waals surface area contributed by atoms with E-state index in [1.54, 1.807) is 0 Å². The Morgan fingerprint density at radius 3 is 2.45 bits per heavy atom. The van der Waals surface area contributed by atoms with Crippen molar-refractivity contribution in [2.24, 2.45) is 11.8 Å². The number of hydrogen-bond acceptors (Lipinski definition) is 6. The maximum Gasteiger partial charge on any atom is 0.344 e. The maximum atomic E-state index is 12.9. The first kappa shape index (κ1) is 25.4. The molecule has 2 heterocycles. The van der Waals surface area contributed by atoms with Gasteiger partial charge in [0.2, 0.25) is 5.91 Å². The van der Waals surface area contributed by atoms with E-state index in [2.05, 4.69) is 23.0 Å². The zero-order chi connectivity index (χ0) is 24.0. The number of rotatable bonds is 9. The number of likely N-dealkylation sites (tertiary alicyclic amines) is 1. The molecule has 5 amide bonds. The lowest BCUT2D eigenvalue weighted by molar-refractivity contribution is -0.140. The molecule has 2 aliphatic heterocycles. The van der Waals surface area contributed by atoms with E-state index in [-0.39, 0.29) is 30.4 Å². The number of hydrogen-bond donors (Lipinski definition) is 3. The van der Waals surface area contributed by atoms with Gasteiger partial charge in [0.15, 0.2) is 0 Å². The second-order valence-electron chi connectivity index (χ2n) is 9.98. The Morgan fingerprint density at radius 2 is 1.82 bits per heavy atom. The van der Waals surface area contributed by atoms with Gasteiger partial charge >= 0.3 is 6.03 Å². The van der Waals surface area contributed by atoms with Gasteiger partial charge in [-0.3, -0.25) is 24.7 Å². The van der Waals surface area contributed by atoms with Crippen LogP contribution in [0.25, 0.3) is 0 Å². The van der Waals surface area contributed by atoms with Crippen molar-refractivity contribution in [3.63, 3.8) is 0 Å². The van der Waals surface area contributed by atoms with E-state index in [9.17, 15) is 19.2 Å². The van der Waals surface area contributed by atoms with Crippen molar-refractivity contribution in [2.75, 3.05) is 32.8 Å². The van der Waals surface area contributed by atoms with E-state index >= 15 is 0 Å². The van der Waals surface area contributed by atoms with E-state index in [1.807, 2.05) is 18.7 Å². The number of imide groups is 1. The summed E-state index contributed by atoms with van der Waals surface area (Å²) in [5, 5.41) is 6.62. The standard InChI is InChI=1S/C23H39N5O5/c1-16(2)33-14-4-11-24-20(30)18-7-12-27(13-8-18)15-19(29)26-28-21(31)23(25-22(28)32)9-5-17(3)6-10-23/h16-18H,4-15H2,1-3H3,(H,24,30)(H,25,32)(H,26,29). The monoisotopic (exact) mass is 465 g/mol. The zero-order valence-electron chi connectivity index (χ0n) is 20.2. The predicted molar refractivity (Wildman–Crippen MR) is 122 cm³/mol. The van der Waals surface area contributed by atoms with Crippen LogP contribution in [-0.4, -0.2) is 78.1 Å². The summed E-state index contributed by atoms with van der Waals surface area (Å²) in [4.78, 5) is 52.1. The third kappa shape index (κ3) is 6.66. The van der Waals surface area contributed by atoms with Crippen molar-refractivity contribution < 1.29 is 23.9 Å². The van der Waals surface area contributed by atoms with Gasteiger partial charge in [-0.25, -0.2) is 4.79 Å². The fourth-order valence-electron chi connectivity index (χ4n) is 4.78. The molecule has 0 aromatic rings. The van der Waals surface area contributed by atoms with Gasteiger partial charge in [0, 0.05) is 19.1 Å². The Kier molecular flexibility index (Phi) is 8.69. The highest BCUT2D eigenvalue weighted by molar-refractivity contribution is 6.08. The second kappa shape index (κ2) is 11.3. The number of hydrazine groups is 1. The summed E-state index contributed by atoms with van der Waals surface area (Å²) in [6.07, 6.45) is 5.28. The molecule has 0 aromatic carbocycles. The van der Waals surface area contributed by atoms with Crippen molar-refractivity contribution in [1.82, 2.24) is 26.0 Å². The van der Waals surface area contributed by atoms with Crippen LogP contribution >= 0.6 is 0 Å². The van der Waals surface area contributed by atoms with Crippen LogP contribution in [0, 0.1) is 11.8 Å². The number of ether oxygens (including phenoxy) is 1. The summed E-state index contributed by atoms with van der Waals surface area (Å²) in [6.45, 7) is 8.65. The number of nitrogens with one attached hydrogen (secondary N) is 3. The minimum absolute atomic E-state index is 0.0510. The molecular formula is C23H39N5O5. The van der Waals surface area contributed by atoms with Gasteiger partial charge in [-0.1, -0.05) is 6.92 Å². The average molecular weight is 466 g/mol. The van der Waals surface area contributed by atoms with Crippen molar-refractivity contribution in [2.45, 2.75) is 77.4 Å². The topological polar surface area (TPSA) is 120 Å². The Hall–Kier alpha value is -2.20. The fraction of sp³-hybridized carbons (Fsp3) is 0.826. The summed E-state index contributed by atoms with van der Waals surface area (Å²) in [5.74, 6) is -0.229. The number of urea groups is 1. The number of piperidine rings is 1. The van der Waals surface area contributed by atoms with Crippen molar-refractivity contribution in [3.05, 3.63) is 0 Å². The molecule has 10 nitrogen and oxygen atoms in total. The summed E-state index contributed by atoms with van der Waals surface area (Å²) >= 11 is 0. The summed E-state index contributed by atoms with van der Waals surface area (Å²) in [7, 11) is 0. The summed E-state index contributed by atoms with van der Waals surface area (Å²) < 4.78 is 5.47. The van der Waals surface area contributed by atoms with Crippen LogP contribution in [0.2, 0.25) is 0 Å². The highest BCUT2D eigenvalue weighted by Gasteiger charge is 2.52. The second-order valence-corrected chi connectivity index (χ2v) is 9.98. The van der Waals surface area contributed by atoms with E-state index < -0.39 is 17.5 Å². The molecule has 0 atom stereocenters. The Bertz CT molecular complexity index is 727. The first-order chi connectivity index (χ1) is 15.7. The van der Waals surface area contributed by atoms with Gasteiger partial charge in [0.1, 0.15) is 5.54 Å². The fourth-order valence-corrected chi connectivity index (χ4v) is 4.78. The third-order valence-corrected chi connectivity index (χ3v) is 6.92. The highest BCUT2D eigenvalue weighted by Crippen LogP contribution is 2.35. The lowest BCUT2D eigenvalue weighted by Gasteiger charge is -2.33. The molecule has 0 aromatic heterocycles. The van der Waals surface area contributed by atoms with E-state index in [1.165, 1.54) is 0 Å². The predicted octanol–water partition coefficient (Wildman–Crippen LogP) is 1.16. The van der Waals surface area contributed by atoms with Crippen LogP contribution in [0.3, 0.4) is 0 Å². The maximum absolute atomic E-state index is 12.9. The largest absolute Gasteiger partial charge is 0.379 e. The molecule has 1 saturated carbocycles. The lowest BCUT2D eigenvalue weighted by atomic mass is 9.77. The number of amides is 5. The number of nitrogens with zero attached hydrogens (tertiary/aromatic N) is 2. The van der Waals surface area contributed by atoms with Crippen LogP contribution in [0.15, 0.2) is 0 Å². The molecule has 0 radical (unpaired) electrons. The van der Waals surface area contributed by atoms with Gasteiger partial charge in [-0.05, 0) is 77.8 Å².